The quantitative estimate of drug-likeness (QED) is 0.157. The van der Waals surface area contributed by atoms with E-state index in [0.29, 0.717) is 90.4 Å². The Morgan fingerprint density at radius 2 is 1.59 bits per heavy atom. The van der Waals surface area contributed by atoms with Crippen LogP contribution in [0, 0.1) is 5.82 Å². The number of amides is 1. The predicted octanol–water partition coefficient (Wildman–Crippen LogP) is 5.16. The van der Waals surface area contributed by atoms with Crippen LogP contribution in [0.3, 0.4) is 0 Å². The monoisotopic (exact) mass is 673 g/mol. The fourth-order valence-corrected chi connectivity index (χ4v) is 5.64. The van der Waals surface area contributed by atoms with Gasteiger partial charge in [-0.2, -0.15) is 0 Å². The van der Waals surface area contributed by atoms with E-state index < -0.39 is 17.3 Å². The molecule has 49 heavy (non-hydrogen) atoms. The summed E-state index contributed by atoms with van der Waals surface area (Å²) in [6.07, 6.45) is 3.64. The normalized spacial score (nSPS) is 12.4. The molecule has 1 aliphatic rings. The maximum Gasteiger partial charge on any atom is 0.284 e. The lowest BCUT2D eigenvalue weighted by Gasteiger charge is -2.19. The number of halogens is 1. The molecule has 1 N–H and O–H groups in total. The van der Waals surface area contributed by atoms with Gasteiger partial charge in [-0.1, -0.05) is 0 Å². The summed E-state index contributed by atoms with van der Waals surface area (Å²) in [5.74, 6) is 0.837. The first-order chi connectivity index (χ1) is 23.9. The summed E-state index contributed by atoms with van der Waals surface area (Å²) >= 11 is 0. The molecule has 1 amide bonds. The van der Waals surface area contributed by atoms with Gasteiger partial charge in [0.25, 0.3) is 11.5 Å². The van der Waals surface area contributed by atoms with E-state index in [-0.39, 0.29) is 11.4 Å². The Morgan fingerprint density at radius 3 is 2.31 bits per heavy atom. The van der Waals surface area contributed by atoms with Crippen molar-refractivity contribution in [3.63, 3.8) is 0 Å². The van der Waals surface area contributed by atoms with Gasteiger partial charge in [0.2, 0.25) is 5.88 Å². The molecule has 3 aromatic carbocycles. The molecule has 0 bridgehead atoms. The number of rotatable bonds is 14. The Morgan fingerprint density at radius 1 is 0.857 bits per heavy atom. The van der Waals surface area contributed by atoms with Gasteiger partial charge in [0, 0.05) is 38.6 Å². The van der Waals surface area contributed by atoms with Crippen LogP contribution in [0.2, 0.25) is 0 Å². The Kier molecular flexibility index (Phi) is 10.4. The van der Waals surface area contributed by atoms with E-state index >= 15 is 0 Å². The largest absolute Gasteiger partial charge is 0.493 e. The van der Waals surface area contributed by atoms with E-state index in [1.165, 1.54) is 42.4 Å². The fourth-order valence-electron chi connectivity index (χ4n) is 5.64. The van der Waals surface area contributed by atoms with E-state index in [9.17, 15) is 14.0 Å². The van der Waals surface area contributed by atoms with Gasteiger partial charge in [-0.05, 0) is 61.7 Å². The summed E-state index contributed by atoms with van der Waals surface area (Å²) in [4.78, 5) is 36.0. The van der Waals surface area contributed by atoms with Crippen molar-refractivity contribution in [2.75, 3.05) is 53.1 Å². The Labute approximate surface area is 281 Å². The molecule has 14 heteroatoms. The lowest BCUT2D eigenvalue weighted by molar-refractivity contribution is 0.102. The van der Waals surface area contributed by atoms with Gasteiger partial charge in [0.15, 0.2) is 23.0 Å². The molecule has 0 unspecified atom stereocenters. The first-order valence-electron chi connectivity index (χ1n) is 15.7. The van der Waals surface area contributed by atoms with Crippen LogP contribution >= 0.6 is 0 Å². The number of nitrogens with one attached hydrogen (secondary N) is 1. The molecule has 3 heterocycles. The number of methoxy groups -OCH3 is 3. The van der Waals surface area contributed by atoms with E-state index in [1.54, 1.807) is 49.2 Å². The van der Waals surface area contributed by atoms with Crippen molar-refractivity contribution in [3.8, 4) is 34.6 Å². The summed E-state index contributed by atoms with van der Waals surface area (Å²) in [5.41, 5.74) is 1.64. The van der Waals surface area contributed by atoms with Gasteiger partial charge in [0.1, 0.15) is 30.9 Å². The first-order valence-corrected chi connectivity index (χ1v) is 15.7. The van der Waals surface area contributed by atoms with Gasteiger partial charge in [-0.3, -0.25) is 14.3 Å². The van der Waals surface area contributed by atoms with Crippen LogP contribution in [0.1, 0.15) is 28.9 Å². The number of hydrogen-bond donors (Lipinski definition) is 1. The van der Waals surface area contributed by atoms with Crippen LogP contribution in [-0.4, -0.2) is 73.0 Å². The maximum atomic E-state index is 13.6. The van der Waals surface area contributed by atoms with Crippen LogP contribution in [-0.2, 0) is 22.4 Å². The number of benzene rings is 3. The minimum Gasteiger partial charge on any atom is -0.493 e. The highest BCUT2D eigenvalue weighted by Gasteiger charge is 2.28. The number of carbonyl (C=O) groups excluding carboxylic acids is 1. The van der Waals surface area contributed by atoms with Crippen LogP contribution in [0.5, 0.6) is 28.9 Å². The molecule has 2 aromatic heterocycles. The molecule has 0 atom stereocenters. The molecule has 5 aromatic rings. The van der Waals surface area contributed by atoms with Crippen molar-refractivity contribution < 1.29 is 37.6 Å². The highest BCUT2D eigenvalue weighted by molar-refractivity contribution is 6.05. The number of fused-ring (bicyclic) bond motifs is 2. The highest BCUT2D eigenvalue weighted by atomic mass is 19.1. The van der Waals surface area contributed by atoms with Crippen LogP contribution in [0.4, 0.5) is 10.1 Å². The maximum absolute atomic E-state index is 13.6. The molecule has 0 fully saturated rings. The smallest absolute Gasteiger partial charge is 0.284 e. The van der Waals surface area contributed by atoms with Crippen molar-refractivity contribution in [2.45, 2.75) is 25.8 Å². The number of ether oxygens (including phenoxy) is 6. The molecular weight excluding hydrogens is 637 g/mol. The molecule has 0 aliphatic carbocycles. The van der Waals surface area contributed by atoms with Crippen molar-refractivity contribution in [1.29, 1.82) is 0 Å². The fraction of sp³-hybridized carbons (Fsp3) is 0.314. The third-order valence-corrected chi connectivity index (χ3v) is 7.96. The van der Waals surface area contributed by atoms with Gasteiger partial charge in [-0.15, -0.1) is 0 Å². The standard InChI is InChI=1S/C35H36FN5O8/c1-44-14-16-47-30-19-25-26(20-31(30)48-17-15-45-2)37-21-38-34(25)49-28-12-9-23(18-29(28)46-3)39-33(42)32-27-6-4-5-13-40(27)41(35(32)43)24-10-7-22(36)8-11-24/h7-12,18-21H,4-6,13-17H2,1-3H3,(H,39,42). The lowest BCUT2D eigenvalue weighted by atomic mass is 10.1. The molecule has 6 rings (SSSR count). The first kappa shape index (κ1) is 33.4. The lowest BCUT2D eigenvalue weighted by Crippen LogP contribution is -2.26. The van der Waals surface area contributed by atoms with Gasteiger partial charge < -0.3 is 33.7 Å². The minimum atomic E-state index is -0.557. The van der Waals surface area contributed by atoms with Gasteiger partial charge in [-0.25, -0.2) is 19.0 Å². The number of aromatic nitrogens is 4. The molecule has 256 valence electrons. The van der Waals surface area contributed by atoms with Crippen molar-refractivity contribution in [2.24, 2.45) is 0 Å². The zero-order valence-electron chi connectivity index (χ0n) is 27.4. The number of hydrogen-bond acceptors (Lipinski definition) is 10. The van der Waals surface area contributed by atoms with Crippen LogP contribution < -0.4 is 29.8 Å². The Bertz CT molecular complexity index is 2010. The second-order valence-corrected chi connectivity index (χ2v) is 11.1. The molecule has 0 spiro atoms. The predicted molar refractivity (Wildman–Crippen MR) is 178 cm³/mol. The third kappa shape index (κ3) is 7.20. The zero-order valence-corrected chi connectivity index (χ0v) is 27.4. The third-order valence-electron chi connectivity index (χ3n) is 7.96. The van der Waals surface area contributed by atoms with E-state index in [4.69, 9.17) is 28.4 Å². The molecule has 0 saturated carbocycles. The van der Waals surface area contributed by atoms with Crippen LogP contribution in [0.25, 0.3) is 16.6 Å². The SMILES string of the molecule is COCCOc1cc2ncnc(Oc3ccc(NC(=O)c4c5n(n(-c6ccc(F)cc6)c4=O)CCCC5)cc3OC)c2cc1OCCOC. The van der Waals surface area contributed by atoms with Crippen molar-refractivity contribution in [3.05, 3.63) is 88.4 Å². The Hall–Kier alpha value is -5.47. The topological polar surface area (TPSA) is 137 Å². The minimum absolute atomic E-state index is 0.0462. The van der Waals surface area contributed by atoms with Crippen molar-refractivity contribution >= 4 is 22.5 Å². The van der Waals surface area contributed by atoms with Gasteiger partial charge in [0.05, 0.1) is 42.6 Å². The molecule has 13 nitrogen and oxygen atoms in total. The molecular formula is C35H36FN5O8. The summed E-state index contributed by atoms with van der Waals surface area (Å²) in [6.45, 7) is 1.94. The number of nitrogens with zero attached hydrogens (tertiary/aromatic N) is 4. The van der Waals surface area contributed by atoms with E-state index in [1.807, 2.05) is 0 Å². The van der Waals surface area contributed by atoms with Gasteiger partial charge >= 0.3 is 0 Å². The summed E-state index contributed by atoms with van der Waals surface area (Å²) < 4.78 is 50.7. The molecule has 1 aliphatic heterocycles. The van der Waals surface area contributed by atoms with Crippen LogP contribution in [0.15, 0.2) is 65.7 Å². The summed E-state index contributed by atoms with van der Waals surface area (Å²) in [5, 5.41) is 3.40. The van der Waals surface area contributed by atoms with E-state index in [0.717, 1.165) is 12.8 Å². The Balaban J connectivity index is 1.27. The summed E-state index contributed by atoms with van der Waals surface area (Å²) in [7, 11) is 4.65. The zero-order chi connectivity index (χ0) is 34.3. The molecule has 0 radical (unpaired) electrons. The second-order valence-electron chi connectivity index (χ2n) is 11.1. The average Bonchev–Trinajstić information content (AvgIpc) is 3.41. The second kappa shape index (κ2) is 15.2. The number of carbonyl (C=O) groups is 1. The average molecular weight is 674 g/mol. The van der Waals surface area contributed by atoms with Crippen molar-refractivity contribution in [1.82, 2.24) is 19.3 Å². The highest BCUT2D eigenvalue weighted by Crippen LogP contribution is 2.39. The molecule has 0 saturated heterocycles. The summed E-state index contributed by atoms with van der Waals surface area (Å²) in [6, 6.07) is 14.0. The number of anilines is 1. The van der Waals surface area contributed by atoms with E-state index in [2.05, 4.69) is 15.3 Å².